The third-order valence-corrected chi connectivity index (χ3v) is 7.10. The lowest BCUT2D eigenvalue weighted by Gasteiger charge is -2.31. The van der Waals surface area contributed by atoms with Crippen LogP contribution in [0.5, 0.6) is 0 Å². The van der Waals surface area contributed by atoms with Crippen LogP contribution in [0.1, 0.15) is 5.56 Å². The minimum absolute atomic E-state index is 0.0503. The molecule has 4 rings (SSSR count). The molecule has 1 unspecified atom stereocenters. The molecule has 1 atom stereocenters. The van der Waals surface area contributed by atoms with E-state index in [9.17, 15) is 13.2 Å². The lowest BCUT2D eigenvalue weighted by Crippen LogP contribution is -2.49. The molecule has 3 aromatic rings. The summed E-state index contributed by atoms with van der Waals surface area (Å²) in [6.45, 7) is 1.82. The average molecular weight is 456 g/mol. The van der Waals surface area contributed by atoms with Crippen LogP contribution in [0, 0.1) is 6.92 Å². The maximum atomic E-state index is 13.0. The SMILES string of the molecule is Cc1ccc(S(=O)(=O)N2CC(=O)OC(Cn3cc(-c4ccc(N(C)C)cc4)nn3)C2)cc1. The first-order valence-corrected chi connectivity index (χ1v) is 11.6. The molecule has 0 saturated carbocycles. The van der Waals surface area contributed by atoms with Crippen molar-refractivity contribution in [2.24, 2.45) is 0 Å². The first kappa shape index (κ1) is 22.0. The highest BCUT2D eigenvalue weighted by Crippen LogP contribution is 2.22. The van der Waals surface area contributed by atoms with Crippen molar-refractivity contribution in [2.45, 2.75) is 24.5 Å². The van der Waals surface area contributed by atoms with E-state index in [1.807, 2.05) is 50.2 Å². The van der Waals surface area contributed by atoms with Gasteiger partial charge in [0.05, 0.1) is 24.2 Å². The summed E-state index contributed by atoms with van der Waals surface area (Å²) in [5, 5.41) is 8.32. The van der Waals surface area contributed by atoms with Gasteiger partial charge in [0, 0.05) is 25.3 Å². The second kappa shape index (κ2) is 8.71. The first-order valence-electron chi connectivity index (χ1n) is 10.2. The number of morpholine rings is 1. The summed E-state index contributed by atoms with van der Waals surface area (Å²) < 4.78 is 34.1. The Bertz CT molecular complexity index is 1200. The van der Waals surface area contributed by atoms with Crippen LogP contribution in [0.15, 0.2) is 59.6 Å². The normalized spacial score (nSPS) is 17.2. The number of carbonyl (C=O) groups excluding carboxylic acids is 1. The molecule has 1 aromatic heterocycles. The Hall–Kier alpha value is -3.24. The largest absolute Gasteiger partial charge is 0.458 e. The number of anilines is 1. The van der Waals surface area contributed by atoms with Gasteiger partial charge in [0.15, 0.2) is 0 Å². The van der Waals surface area contributed by atoms with Crippen molar-refractivity contribution in [1.29, 1.82) is 0 Å². The fourth-order valence-electron chi connectivity index (χ4n) is 3.49. The van der Waals surface area contributed by atoms with Gasteiger partial charge in [0.1, 0.15) is 18.3 Å². The van der Waals surface area contributed by atoms with Gasteiger partial charge in [0.2, 0.25) is 10.0 Å². The van der Waals surface area contributed by atoms with Crippen LogP contribution in [0.4, 0.5) is 5.69 Å². The maximum absolute atomic E-state index is 13.0. The number of rotatable bonds is 6. The highest BCUT2D eigenvalue weighted by molar-refractivity contribution is 7.89. The monoisotopic (exact) mass is 455 g/mol. The molecule has 2 heterocycles. The molecule has 1 aliphatic rings. The Morgan fingerprint density at radius 3 is 2.44 bits per heavy atom. The molecule has 1 saturated heterocycles. The molecule has 1 fully saturated rings. The second-order valence-electron chi connectivity index (χ2n) is 7.99. The zero-order valence-corrected chi connectivity index (χ0v) is 19.0. The third-order valence-electron chi connectivity index (χ3n) is 5.28. The molecule has 0 spiro atoms. The van der Waals surface area contributed by atoms with E-state index in [-0.39, 0.29) is 24.5 Å². The zero-order valence-electron chi connectivity index (χ0n) is 18.2. The molecular formula is C22H25N5O4S. The summed E-state index contributed by atoms with van der Waals surface area (Å²) in [6.07, 6.45) is 1.09. The highest BCUT2D eigenvalue weighted by atomic mass is 32.2. The lowest BCUT2D eigenvalue weighted by atomic mass is 10.1. The standard InChI is InChI=1S/C22H25N5O4S/c1-16-4-10-20(11-5-16)32(29,30)27-13-19(31-22(28)15-27)12-26-14-21(23-24-26)17-6-8-18(9-7-17)25(2)3/h4-11,14,19H,12-13,15H2,1-3H3. The fourth-order valence-corrected chi connectivity index (χ4v) is 4.91. The molecule has 168 valence electrons. The smallest absolute Gasteiger partial charge is 0.321 e. The van der Waals surface area contributed by atoms with E-state index in [0.717, 1.165) is 21.1 Å². The summed E-state index contributed by atoms with van der Waals surface area (Å²) in [5.74, 6) is -0.587. The lowest BCUT2D eigenvalue weighted by molar-refractivity contribution is -0.156. The van der Waals surface area contributed by atoms with Crippen LogP contribution < -0.4 is 4.90 Å². The topological polar surface area (TPSA) is 97.6 Å². The van der Waals surface area contributed by atoms with Crippen LogP contribution in [0.2, 0.25) is 0 Å². The molecule has 9 nitrogen and oxygen atoms in total. The molecule has 0 aliphatic carbocycles. The van der Waals surface area contributed by atoms with Crippen LogP contribution in [-0.2, 0) is 26.1 Å². The molecule has 1 aliphatic heterocycles. The summed E-state index contributed by atoms with van der Waals surface area (Å²) in [7, 11) is 0.140. The number of hydrogen-bond acceptors (Lipinski definition) is 7. The van der Waals surface area contributed by atoms with Crippen LogP contribution in [0.25, 0.3) is 11.3 Å². The van der Waals surface area contributed by atoms with Gasteiger partial charge in [-0.05, 0) is 31.2 Å². The van der Waals surface area contributed by atoms with Crippen molar-refractivity contribution >= 4 is 21.7 Å². The Balaban J connectivity index is 1.48. The van der Waals surface area contributed by atoms with Crippen molar-refractivity contribution in [3.63, 3.8) is 0 Å². The van der Waals surface area contributed by atoms with Gasteiger partial charge in [0.25, 0.3) is 0 Å². The van der Waals surface area contributed by atoms with E-state index in [4.69, 9.17) is 4.74 Å². The van der Waals surface area contributed by atoms with Crippen LogP contribution in [0.3, 0.4) is 0 Å². The Kier molecular flexibility index (Phi) is 5.98. The van der Waals surface area contributed by atoms with Crippen molar-refractivity contribution in [3.05, 3.63) is 60.3 Å². The Labute approximate surface area is 187 Å². The number of aromatic nitrogens is 3. The number of esters is 1. The molecule has 10 heteroatoms. The van der Waals surface area contributed by atoms with Gasteiger partial charge in [-0.2, -0.15) is 4.31 Å². The van der Waals surface area contributed by atoms with Gasteiger partial charge < -0.3 is 9.64 Å². The fraction of sp³-hybridized carbons (Fsp3) is 0.318. The number of carbonyl (C=O) groups is 1. The van der Waals surface area contributed by atoms with E-state index >= 15 is 0 Å². The van der Waals surface area contributed by atoms with Crippen LogP contribution >= 0.6 is 0 Å². The van der Waals surface area contributed by atoms with Crippen molar-refractivity contribution in [1.82, 2.24) is 19.3 Å². The molecule has 0 bridgehead atoms. The number of sulfonamides is 1. The van der Waals surface area contributed by atoms with Gasteiger partial charge in [-0.25, -0.2) is 13.1 Å². The molecule has 0 amide bonds. The average Bonchev–Trinajstić information content (AvgIpc) is 3.22. The highest BCUT2D eigenvalue weighted by Gasteiger charge is 2.35. The van der Waals surface area contributed by atoms with E-state index in [0.29, 0.717) is 5.69 Å². The summed E-state index contributed by atoms with van der Waals surface area (Å²) in [6, 6.07) is 14.5. The minimum Gasteiger partial charge on any atom is -0.458 e. The van der Waals surface area contributed by atoms with E-state index < -0.39 is 22.1 Å². The minimum atomic E-state index is -3.80. The Morgan fingerprint density at radius 1 is 1.09 bits per heavy atom. The molecule has 0 N–H and O–H groups in total. The Morgan fingerprint density at radius 2 is 1.78 bits per heavy atom. The van der Waals surface area contributed by atoms with Crippen LogP contribution in [-0.4, -0.2) is 67.0 Å². The molecule has 2 aromatic carbocycles. The number of ether oxygens (including phenoxy) is 1. The van der Waals surface area contributed by atoms with Crippen molar-refractivity contribution in [3.8, 4) is 11.3 Å². The molecule has 32 heavy (non-hydrogen) atoms. The number of hydrogen-bond donors (Lipinski definition) is 0. The van der Waals surface area contributed by atoms with Gasteiger partial charge >= 0.3 is 5.97 Å². The van der Waals surface area contributed by atoms with E-state index in [2.05, 4.69) is 10.3 Å². The number of nitrogens with zero attached hydrogens (tertiary/aromatic N) is 5. The first-order chi connectivity index (χ1) is 15.2. The van der Waals surface area contributed by atoms with Crippen molar-refractivity contribution < 1.29 is 17.9 Å². The molecular weight excluding hydrogens is 430 g/mol. The van der Waals surface area contributed by atoms with E-state index in [1.165, 1.54) is 0 Å². The van der Waals surface area contributed by atoms with Gasteiger partial charge in [-0.15, -0.1) is 5.10 Å². The number of cyclic esters (lactones) is 1. The maximum Gasteiger partial charge on any atom is 0.321 e. The zero-order chi connectivity index (χ0) is 22.9. The third kappa shape index (κ3) is 4.66. The quantitative estimate of drug-likeness (QED) is 0.524. The molecule has 0 radical (unpaired) electrons. The van der Waals surface area contributed by atoms with Gasteiger partial charge in [-0.1, -0.05) is 35.0 Å². The van der Waals surface area contributed by atoms with E-state index in [1.54, 1.807) is 35.1 Å². The predicted octanol–water partition coefficient (Wildman–Crippen LogP) is 1.94. The van der Waals surface area contributed by atoms with Crippen molar-refractivity contribution in [2.75, 3.05) is 32.1 Å². The summed E-state index contributed by atoms with van der Waals surface area (Å²) >= 11 is 0. The number of aryl methyl sites for hydroxylation is 1. The second-order valence-corrected chi connectivity index (χ2v) is 9.93. The number of benzene rings is 2. The summed E-state index contributed by atoms with van der Waals surface area (Å²) in [5.41, 5.74) is 3.62. The van der Waals surface area contributed by atoms with Gasteiger partial charge in [-0.3, -0.25) is 4.79 Å². The predicted molar refractivity (Wildman–Crippen MR) is 120 cm³/mol. The summed E-state index contributed by atoms with van der Waals surface area (Å²) in [4.78, 5) is 14.3.